The minimum Gasteiger partial charge on any atom is -0.465 e. The molecule has 0 fully saturated rings. The molecule has 0 amide bonds. The lowest BCUT2D eigenvalue weighted by molar-refractivity contribution is 0.0526. The standard InChI is InChI=1S/C11H11FO4/c1-3-16-10(13)7-4-5-9(12)8(6-7)11(14)15-2/h4-6H,3H2,1-2H3. The second kappa shape index (κ2) is 5.25. The number of carbonyl (C=O) groups excluding carboxylic acids is 2. The van der Waals surface area contributed by atoms with Gasteiger partial charge in [-0.25, -0.2) is 14.0 Å². The van der Waals surface area contributed by atoms with Crippen LogP contribution in [-0.4, -0.2) is 25.7 Å². The molecule has 0 radical (unpaired) electrons. The Bertz CT molecular complexity index is 414. The number of hydrogen-bond acceptors (Lipinski definition) is 4. The first-order valence-electron chi connectivity index (χ1n) is 4.65. The topological polar surface area (TPSA) is 52.6 Å². The van der Waals surface area contributed by atoms with Crippen LogP contribution in [0.5, 0.6) is 0 Å². The van der Waals surface area contributed by atoms with Crippen LogP contribution in [0.2, 0.25) is 0 Å². The molecule has 0 saturated carbocycles. The van der Waals surface area contributed by atoms with E-state index in [2.05, 4.69) is 4.74 Å². The van der Waals surface area contributed by atoms with Crippen molar-refractivity contribution < 1.29 is 23.5 Å². The molecule has 0 aliphatic carbocycles. The average Bonchev–Trinajstić information content (AvgIpc) is 2.29. The fraction of sp³-hybridized carbons (Fsp3) is 0.273. The van der Waals surface area contributed by atoms with Crippen molar-refractivity contribution in [3.8, 4) is 0 Å². The zero-order valence-electron chi connectivity index (χ0n) is 8.95. The molecule has 4 nitrogen and oxygen atoms in total. The van der Waals surface area contributed by atoms with Gasteiger partial charge in [-0.1, -0.05) is 0 Å². The molecule has 0 bridgehead atoms. The number of benzene rings is 1. The molecule has 0 spiro atoms. The summed E-state index contributed by atoms with van der Waals surface area (Å²) in [7, 11) is 1.14. The van der Waals surface area contributed by atoms with Gasteiger partial charge >= 0.3 is 11.9 Å². The Balaban J connectivity index is 3.07. The number of esters is 2. The van der Waals surface area contributed by atoms with E-state index in [9.17, 15) is 14.0 Å². The Morgan fingerprint density at radius 1 is 1.31 bits per heavy atom. The number of rotatable bonds is 3. The summed E-state index contributed by atoms with van der Waals surface area (Å²) in [6.45, 7) is 1.87. The third kappa shape index (κ3) is 2.56. The SMILES string of the molecule is CCOC(=O)c1ccc(F)c(C(=O)OC)c1. The molecule has 0 saturated heterocycles. The van der Waals surface area contributed by atoms with E-state index in [-0.39, 0.29) is 17.7 Å². The third-order valence-corrected chi connectivity index (χ3v) is 1.88. The predicted molar refractivity (Wildman–Crippen MR) is 53.7 cm³/mol. The maximum absolute atomic E-state index is 13.2. The molecule has 0 aliphatic rings. The predicted octanol–water partition coefficient (Wildman–Crippen LogP) is 1.79. The molecule has 0 N–H and O–H groups in total. The Morgan fingerprint density at radius 2 is 2.00 bits per heavy atom. The van der Waals surface area contributed by atoms with Gasteiger partial charge in [-0.3, -0.25) is 0 Å². The van der Waals surface area contributed by atoms with Crippen LogP contribution in [0, 0.1) is 5.82 Å². The van der Waals surface area contributed by atoms with Gasteiger partial charge in [0.15, 0.2) is 0 Å². The Morgan fingerprint density at radius 3 is 2.56 bits per heavy atom. The molecule has 5 heteroatoms. The van der Waals surface area contributed by atoms with Crippen molar-refractivity contribution >= 4 is 11.9 Å². The van der Waals surface area contributed by atoms with Crippen LogP contribution in [0.25, 0.3) is 0 Å². The van der Waals surface area contributed by atoms with E-state index < -0.39 is 17.8 Å². The number of halogens is 1. The van der Waals surface area contributed by atoms with Gasteiger partial charge in [-0.15, -0.1) is 0 Å². The Kier molecular flexibility index (Phi) is 3.99. The first kappa shape index (κ1) is 12.2. The van der Waals surface area contributed by atoms with Crippen molar-refractivity contribution in [1.82, 2.24) is 0 Å². The highest BCUT2D eigenvalue weighted by Gasteiger charge is 2.16. The molecule has 0 atom stereocenters. The van der Waals surface area contributed by atoms with E-state index in [0.717, 1.165) is 19.2 Å². The fourth-order valence-electron chi connectivity index (χ4n) is 1.13. The molecule has 86 valence electrons. The summed E-state index contributed by atoms with van der Waals surface area (Å²) in [5.74, 6) is -2.17. The smallest absolute Gasteiger partial charge is 0.340 e. The van der Waals surface area contributed by atoms with Crippen LogP contribution in [0.1, 0.15) is 27.6 Å². The third-order valence-electron chi connectivity index (χ3n) is 1.88. The number of hydrogen-bond donors (Lipinski definition) is 0. The molecule has 1 rings (SSSR count). The van der Waals surface area contributed by atoms with Gasteiger partial charge in [0, 0.05) is 0 Å². The summed E-state index contributed by atoms with van der Waals surface area (Å²) in [5.41, 5.74) is -0.170. The van der Waals surface area contributed by atoms with Gasteiger partial charge in [0.2, 0.25) is 0 Å². The van der Waals surface area contributed by atoms with E-state index >= 15 is 0 Å². The van der Waals surface area contributed by atoms with Crippen LogP contribution in [-0.2, 0) is 9.47 Å². The minimum absolute atomic E-state index is 0.114. The highest BCUT2D eigenvalue weighted by molar-refractivity contribution is 5.95. The Hall–Kier alpha value is -1.91. The molecular weight excluding hydrogens is 215 g/mol. The van der Waals surface area contributed by atoms with E-state index in [1.54, 1.807) is 6.92 Å². The van der Waals surface area contributed by atoms with Gasteiger partial charge in [0.1, 0.15) is 5.82 Å². The number of carbonyl (C=O) groups is 2. The fourth-order valence-corrected chi connectivity index (χ4v) is 1.13. The van der Waals surface area contributed by atoms with Crippen LogP contribution in [0.4, 0.5) is 4.39 Å². The normalized spacial score (nSPS) is 9.69. The van der Waals surface area contributed by atoms with E-state index in [4.69, 9.17) is 4.74 Å². The van der Waals surface area contributed by atoms with Crippen LogP contribution in [0.15, 0.2) is 18.2 Å². The van der Waals surface area contributed by atoms with Gasteiger partial charge in [0.25, 0.3) is 0 Å². The molecule has 1 aromatic carbocycles. The minimum atomic E-state index is -0.830. The van der Waals surface area contributed by atoms with Gasteiger partial charge in [-0.05, 0) is 25.1 Å². The molecule has 0 aliphatic heterocycles. The van der Waals surface area contributed by atoms with Crippen molar-refractivity contribution in [2.24, 2.45) is 0 Å². The van der Waals surface area contributed by atoms with Crippen molar-refractivity contribution in [2.45, 2.75) is 6.92 Å². The second-order valence-electron chi connectivity index (χ2n) is 2.91. The number of methoxy groups -OCH3 is 1. The largest absolute Gasteiger partial charge is 0.465 e. The maximum Gasteiger partial charge on any atom is 0.340 e. The zero-order valence-corrected chi connectivity index (χ0v) is 8.95. The first-order chi connectivity index (χ1) is 7.60. The lowest BCUT2D eigenvalue weighted by Gasteiger charge is -2.04. The molecule has 0 aromatic heterocycles. The monoisotopic (exact) mass is 226 g/mol. The van der Waals surface area contributed by atoms with Crippen molar-refractivity contribution in [3.05, 3.63) is 35.1 Å². The molecule has 16 heavy (non-hydrogen) atoms. The van der Waals surface area contributed by atoms with Gasteiger partial charge in [-0.2, -0.15) is 0 Å². The van der Waals surface area contributed by atoms with E-state index in [0.29, 0.717) is 0 Å². The first-order valence-corrected chi connectivity index (χ1v) is 4.65. The molecule has 0 unspecified atom stereocenters. The molecule has 0 heterocycles. The molecule has 1 aromatic rings. The van der Waals surface area contributed by atoms with Crippen molar-refractivity contribution in [1.29, 1.82) is 0 Å². The summed E-state index contributed by atoms with van der Waals surface area (Å²) in [5, 5.41) is 0. The Labute approximate surface area is 92.0 Å². The lowest BCUT2D eigenvalue weighted by Crippen LogP contribution is -2.09. The summed E-state index contributed by atoms with van der Waals surface area (Å²) < 4.78 is 22.3. The number of ether oxygens (including phenoxy) is 2. The van der Waals surface area contributed by atoms with Gasteiger partial charge in [0.05, 0.1) is 24.8 Å². The van der Waals surface area contributed by atoms with Crippen molar-refractivity contribution in [3.63, 3.8) is 0 Å². The highest BCUT2D eigenvalue weighted by atomic mass is 19.1. The van der Waals surface area contributed by atoms with Gasteiger partial charge < -0.3 is 9.47 Å². The average molecular weight is 226 g/mol. The van der Waals surface area contributed by atoms with E-state index in [1.807, 2.05) is 0 Å². The summed E-state index contributed by atoms with van der Waals surface area (Å²) in [6.07, 6.45) is 0. The van der Waals surface area contributed by atoms with Crippen LogP contribution >= 0.6 is 0 Å². The quantitative estimate of drug-likeness (QED) is 0.737. The molecular formula is C11H11FO4. The summed E-state index contributed by atoms with van der Waals surface area (Å²) in [4.78, 5) is 22.5. The van der Waals surface area contributed by atoms with Crippen LogP contribution in [0.3, 0.4) is 0 Å². The highest BCUT2D eigenvalue weighted by Crippen LogP contribution is 2.12. The lowest BCUT2D eigenvalue weighted by atomic mass is 10.1. The summed E-state index contributed by atoms with van der Waals surface area (Å²) >= 11 is 0. The van der Waals surface area contributed by atoms with E-state index in [1.165, 1.54) is 6.07 Å². The van der Waals surface area contributed by atoms with Crippen molar-refractivity contribution in [2.75, 3.05) is 13.7 Å². The summed E-state index contributed by atoms with van der Waals surface area (Å²) in [6, 6.07) is 3.39. The second-order valence-corrected chi connectivity index (χ2v) is 2.91. The van der Waals surface area contributed by atoms with Crippen LogP contribution < -0.4 is 0 Å². The maximum atomic E-state index is 13.2. The zero-order chi connectivity index (χ0) is 12.1.